The van der Waals surface area contributed by atoms with Gasteiger partial charge >= 0.3 is 0 Å². The Morgan fingerprint density at radius 1 is 1.37 bits per heavy atom. The Kier molecular flexibility index (Phi) is 5.70. The summed E-state index contributed by atoms with van der Waals surface area (Å²) in [6, 6.07) is 9.63. The second-order valence-corrected chi connectivity index (χ2v) is 5.68. The summed E-state index contributed by atoms with van der Waals surface area (Å²) in [6.07, 6.45) is 2.76. The van der Waals surface area contributed by atoms with Gasteiger partial charge in [-0.25, -0.2) is 0 Å². The Morgan fingerprint density at radius 2 is 2.16 bits per heavy atom. The van der Waals surface area contributed by atoms with Gasteiger partial charge in [-0.15, -0.1) is 0 Å². The number of nitrogens with zero attached hydrogens (tertiary/aromatic N) is 1. The Hall–Kier alpha value is -1.03. The molecule has 1 aliphatic heterocycles. The Balaban J connectivity index is 1.68. The lowest BCUT2D eigenvalue weighted by Crippen LogP contribution is -2.29. The van der Waals surface area contributed by atoms with Crippen LogP contribution in [0.5, 0.6) is 5.75 Å². The number of para-hydroxylation sites is 1. The number of carbonyl (C=O) groups is 1. The second kappa shape index (κ2) is 7.53. The van der Waals surface area contributed by atoms with Crippen LogP contribution in [0, 0.1) is 5.92 Å². The molecule has 1 atom stereocenters. The van der Waals surface area contributed by atoms with Gasteiger partial charge in [0.15, 0.2) is 0 Å². The van der Waals surface area contributed by atoms with Crippen LogP contribution in [-0.2, 0) is 4.79 Å². The number of rotatable bonds is 6. The van der Waals surface area contributed by atoms with Gasteiger partial charge in [0.2, 0.25) is 5.91 Å². The highest BCUT2D eigenvalue weighted by Gasteiger charge is 2.25. The number of alkyl halides is 1. The second-order valence-electron chi connectivity index (χ2n) is 4.88. The number of benzene rings is 1. The molecule has 0 bridgehead atoms. The zero-order valence-corrected chi connectivity index (χ0v) is 12.6. The fraction of sp³-hybridized carbons (Fsp3) is 0.533. The SMILES string of the molecule is O=C(CCOc1ccccc1)N1CCC(CCBr)C1. The van der Waals surface area contributed by atoms with Gasteiger partial charge in [0.05, 0.1) is 13.0 Å². The Labute approximate surface area is 123 Å². The maximum absolute atomic E-state index is 12.0. The van der Waals surface area contributed by atoms with Crippen LogP contribution in [0.4, 0.5) is 0 Å². The first-order valence-electron chi connectivity index (χ1n) is 6.81. The largest absolute Gasteiger partial charge is 0.493 e. The van der Waals surface area contributed by atoms with Crippen molar-refractivity contribution in [2.45, 2.75) is 19.3 Å². The van der Waals surface area contributed by atoms with Crippen LogP contribution in [0.25, 0.3) is 0 Å². The van der Waals surface area contributed by atoms with Crippen molar-refractivity contribution in [3.8, 4) is 5.75 Å². The van der Waals surface area contributed by atoms with E-state index in [0.717, 1.165) is 37.0 Å². The molecule has 0 saturated carbocycles. The molecule has 2 rings (SSSR count). The minimum absolute atomic E-state index is 0.216. The van der Waals surface area contributed by atoms with Crippen molar-refractivity contribution >= 4 is 21.8 Å². The number of carbonyl (C=O) groups excluding carboxylic acids is 1. The van der Waals surface area contributed by atoms with E-state index in [1.807, 2.05) is 35.2 Å². The zero-order chi connectivity index (χ0) is 13.5. The molecule has 1 saturated heterocycles. The molecule has 19 heavy (non-hydrogen) atoms. The molecule has 4 heteroatoms. The number of amides is 1. The van der Waals surface area contributed by atoms with Gasteiger partial charge in [-0.2, -0.15) is 0 Å². The van der Waals surface area contributed by atoms with Gasteiger partial charge in [0.1, 0.15) is 5.75 Å². The Morgan fingerprint density at radius 3 is 2.89 bits per heavy atom. The third kappa shape index (κ3) is 4.53. The third-order valence-electron chi connectivity index (χ3n) is 3.48. The fourth-order valence-corrected chi connectivity index (χ4v) is 3.03. The highest BCUT2D eigenvalue weighted by Crippen LogP contribution is 2.21. The average Bonchev–Trinajstić information content (AvgIpc) is 2.89. The van der Waals surface area contributed by atoms with E-state index in [-0.39, 0.29) is 5.91 Å². The van der Waals surface area contributed by atoms with Gasteiger partial charge in [-0.05, 0) is 30.9 Å². The van der Waals surface area contributed by atoms with Crippen LogP contribution in [-0.4, -0.2) is 35.8 Å². The molecular formula is C15H20BrNO2. The standard InChI is InChI=1S/C15H20BrNO2/c16-9-6-13-7-10-17(12-13)15(18)8-11-19-14-4-2-1-3-5-14/h1-5,13H,6-12H2. The van der Waals surface area contributed by atoms with Crippen LogP contribution in [0.2, 0.25) is 0 Å². The van der Waals surface area contributed by atoms with Crippen LogP contribution in [0.15, 0.2) is 30.3 Å². The van der Waals surface area contributed by atoms with E-state index in [1.54, 1.807) is 0 Å². The number of hydrogen-bond donors (Lipinski definition) is 0. The van der Waals surface area contributed by atoms with Crippen LogP contribution in [0.3, 0.4) is 0 Å². The van der Waals surface area contributed by atoms with Crippen molar-refractivity contribution in [2.75, 3.05) is 25.0 Å². The molecule has 0 N–H and O–H groups in total. The van der Waals surface area contributed by atoms with E-state index >= 15 is 0 Å². The van der Waals surface area contributed by atoms with Crippen molar-refractivity contribution < 1.29 is 9.53 Å². The summed E-state index contributed by atoms with van der Waals surface area (Å²) < 4.78 is 5.56. The van der Waals surface area contributed by atoms with Crippen molar-refractivity contribution in [1.82, 2.24) is 4.90 Å². The molecule has 1 aliphatic rings. The van der Waals surface area contributed by atoms with Gasteiger partial charge in [-0.3, -0.25) is 4.79 Å². The minimum Gasteiger partial charge on any atom is -0.493 e. The molecule has 0 aliphatic carbocycles. The molecule has 0 aromatic heterocycles. The number of likely N-dealkylation sites (tertiary alicyclic amines) is 1. The molecule has 1 aromatic rings. The molecule has 104 valence electrons. The monoisotopic (exact) mass is 325 g/mol. The molecule has 1 fully saturated rings. The lowest BCUT2D eigenvalue weighted by atomic mass is 10.1. The van der Waals surface area contributed by atoms with Gasteiger partial charge < -0.3 is 9.64 Å². The van der Waals surface area contributed by atoms with E-state index < -0.39 is 0 Å². The van der Waals surface area contributed by atoms with Crippen molar-refractivity contribution in [1.29, 1.82) is 0 Å². The lowest BCUT2D eigenvalue weighted by molar-refractivity contribution is -0.130. The smallest absolute Gasteiger partial charge is 0.226 e. The van der Waals surface area contributed by atoms with Crippen molar-refractivity contribution in [3.63, 3.8) is 0 Å². The minimum atomic E-state index is 0.216. The molecule has 1 heterocycles. The Bertz CT molecular complexity index is 396. The summed E-state index contributed by atoms with van der Waals surface area (Å²) in [4.78, 5) is 14.0. The van der Waals surface area contributed by atoms with Crippen molar-refractivity contribution in [2.24, 2.45) is 5.92 Å². The van der Waals surface area contributed by atoms with Crippen molar-refractivity contribution in [3.05, 3.63) is 30.3 Å². The molecule has 1 aromatic carbocycles. The van der Waals surface area contributed by atoms with E-state index in [4.69, 9.17) is 4.74 Å². The first-order valence-corrected chi connectivity index (χ1v) is 7.93. The average molecular weight is 326 g/mol. The summed E-state index contributed by atoms with van der Waals surface area (Å²) in [5.74, 6) is 1.71. The molecular weight excluding hydrogens is 306 g/mol. The van der Waals surface area contributed by atoms with Gasteiger partial charge in [-0.1, -0.05) is 34.1 Å². The number of hydrogen-bond acceptors (Lipinski definition) is 2. The van der Waals surface area contributed by atoms with Gasteiger partial charge in [0, 0.05) is 18.4 Å². The number of halogens is 1. The normalized spacial score (nSPS) is 18.6. The number of ether oxygens (including phenoxy) is 1. The summed E-state index contributed by atoms with van der Waals surface area (Å²) in [7, 11) is 0. The fourth-order valence-electron chi connectivity index (χ4n) is 2.38. The first kappa shape index (κ1) is 14.4. The summed E-state index contributed by atoms with van der Waals surface area (Å²) >= 11 is 3.46. The molecule has 3 nitrogen and oxygen atoms in total. The van der Waals surface area contributed by atoms with Crippen LogP contribution in [0.1, 0.15) is 19.3 Å². The maximum atomic E-state index is 12.0. The highest BCUT2D eigenvalue weighted by atomic mass is 79.9. The molecule has 0 radical (unpaired) electrons. The van der Waals surface area contributed by atoms with E-state index in [0.29, 0.717) is 18.9 Å². The maximum Gasteiger partial charge on any atom is 0.226 e. The molecule has 1 amide bonds. The summed E-state index contributed by atoms with van der Waals surface area (Å²) in [6.45, 7) is 2.28. The third-order valence-corrected chi connectivity index (χ3v) is 3.94. The van der Waals surface area contributed by atoms with E-state index in [2.05, 4.69) is 15.9 Å². The zero-order valence-electron chi connectivity index (χ0n) is 11.1. The van der Waals surface area contributed by atoms with Crippen LogP contribution >= 0.6 is 15.9 Å². The van der Waals surface area contributed by atoms with E-state index in [1.165, 1.54) is 0 Å². The summed E-state index contributed by atoms with van der Waals surface area (Å²) in [5, 5.41) is 1.02. The topological polar surface area (TPSA) is 29.5 Å². The predicted molar refractivity (Wildman–Crippen MR) is 79.7 cm³/mol. The highest BCUT2D eigenvalue weighted by molar-refractivity contribution is 9.09. The lowest BCUT2D eigenvalue weighted by Gasteiger charge is -2.16. The van der Waals surface area contributed by atoms with Crippen LogP contribution < -0.4 is 4.74 Å². The quantitative estimate of drug-likeness (QED) is 0.752. The summed E-state index contributed by atoms with van der Waals surface area (Å²) in [5.41, 5.74) is 0. The predicted octanol–water partition coefficient (Wildman–Crippen LogP) is 3.09. The van der Waals surface area contributed by atoms with Gasteiger partial charge in [0.25, 0.3) is 0 Å². The molecule has 1 unspecified atom stereocenters. The first-order chi connectivity index (χ1) is 9.29. The molecule has 0 spiro atoms. The van der Waals surface area contributed by atoms with E-state index in [9.17, 15) is 4.79 Å².